The van der Waals surface area contributed by atoms with Gasteiger partial charge in [-0.1, -0.05) is 24.3 Å². The van der Waals surface area contributed by atoms with Gasteiger partial charge >= 0.3 is 0 Å². The number of aliphatic hydroxyl groups is 3. The Bertz CT molecular complexity index is 855. The Morgan fingerprint density at radius 1 is 0.966 bits per heavy atom. The third-order valence-corrected chi connectivity index (χ3v) is 4.36. The lowest BCUT2D eigenvalue weighted by Crippen LogP contribution is -2.26. The van der Waals surface area contributed by atoms with E-state index < -0.39 is 12.2 Å². The van der Waals surface area contributed by atoms with Crippen molar-refractivity contribution < 1.29 is 24.8 Å². The largest absolute Gasteiger partial charge is 0.489 e. The van der Waals surface area contributed by atoms with Crippen LogP contribution in [0.15, 0.2) is 61.2 Å². The highest BCUT2D eigenvalue weighted by Gasteiger charge is 2.14. The van der Waals surface area contributed by atoms with Crippen LogP contribution in [0.1, 0.15) is 17.5 Å². The summed E-state index contributed by atoms with van der Waals surface area (Å²) in [5.74, 6) is 0.711. The van der Waals surface area contributed by atoms with Crippen molar-refractivity contribution in [2.45, 2.75) is 31.8 Å². The molecular weight excluding hydrogens is 374 g/mol. The minimum atomic E-state index is -0.905. The fraction of sp³-hybridized carbons (Fsp3) is 0.333. The van der Waals surface area contributed by atoms with Crippen molar-refractivity contribution in [2.75, 3.05) is 13.2 Å². The van der Waals surface area contributed by atoms with E-state index in [1.807, 2.05) is 48.5 Å². The van der Waals surface area contributed by atoms with Crippen molar-refractivity contribution in [3.8, 4) is 11.4 Å². The van der Waals surface area contributed by atoms with Gasteiger partial charge in [0.05, 0.1) is 37.7 Å². The molecule has 2 aromatic carbocycles. The number of benzene rings is 2. The van der Waals surface area contributed by atoms with Crippen LogP contribution in [0.4, 0.5) is 0 Å². The van der Waals surface area contributed by atoms with E-state index >= 15 is 0 Å². The lowest BCUT2D eigenvalue weighted by Gasteiger charge is -2.18. The van der Waals surface area contributed by atoms with E-state index in [0.29, 0.717) is 12.4 Å². The van der Waals surface area contributed by atoms with Crippen LogP contribution < -0.4 is 4.74 Å². The van der Waals surface area contributed by atoms with Gasteiger partial charge in [-0.15, -0.1) is 0 Å². The van der Waals surface area contributed by atoms with Gasteiger partial charge in [0.15, 0.2) is 0 Å². The summed E-state index contributed by atoms with van der Waals surface area (Å²) in [7, 11) is 0. The number of nitrogens with zero attached hydrogens (tertiary/aromatic N) is 3. The molecule has 3 aromatic rings. The molecule has 29 heavy (non-hydrogen) atoms. The first-order valence-corrected chi connectivity index (χ1v) is 9.35. The molecular formula is C21H25N3O5. The first-order chi connectivity index (χ1) is 14.2. The molecule has 0 aliphatic carbocycles. The van der Waals surface area contributed by atoms with Gasteiger partial charge in [-0.2, -0.15) is 5.10 Å². The topological polar surface area (TPSA) is 110 Å². The molecule has 8 heteroatoms. The summed E-state index contributed by atoms with van der Waals surface area (Å²) in [4.78, 5) is 3.93. The van der Waals surface area contributed by atoms with Crippen molar-refractivity contribution >= 4 is 0 Å². The van der Waals surface area contributed by atoms with Gasteiger partial charge in [-0.05, 0) is 35.4 Å². The van der Waals surface area contributed by atoms with Gasteiger partial charge in [-0.3, -0.25) is 0 Å². The minimum Gasteiger partial charge on any atom is -0.489 e. The zero-order valence-corrected chi connectivity index (χ0v) is 16.0. The molecule has 0 aliphatic rings. The summed E-state index contributed by atoms with van der Waals surface area (Å²) in [6, 6.07) is 15.4. The van der Waals surface area contributed by atoms with E-state index in [0.717, 1.165) is 16.8 Å². The van der Waals surface area contributed by atoms with Crippen LogP contribution in [0.2, 0.25) is 0 Å². The average molecular weight is 399 g/mol. The first-order valence-electron chi connectivity index (χ1n) is 9.35. The Morgan fingerprint density at radius 2 is 1.79 bits per heavy atom. The molecule has 1 aromatic heterocycles. The number of ether oxygens (including phenoxy) is 2. The Hall–Kier alpha value is -2.78. The van der Waals surface area contributed by atoms with Crippen LogP contribution in [0.25, 0.3) is 5.69 Å². The fourth-order valence-corrected chi connectivity index (χ4v) is 2.77. The summed E-state index contributed by atoms with van der Waals surface area (Å²) in [6.07, 6.45) is 1.87. The SMILES string of the molecule is OCC(O)CC(CO)OCc1cccc(OCc2ccc(-n3cncn3)cc2)c1. The molecule has 0 bridgehead atoms. The van der Waals surface area contributed by atoms with E-state index in [9.17, 15) is 10.2 Å². The van der Waals surface area contributed by atoms with Crippen molar-refractivity contribution in [1.82, 2.24) is 14.8 Å². The maximum atomic E-state index is 9.48. The maximum absolute atomic E-state index is 9.48. The van der Waals surface area contributed by atoms with E-state index in [1.165, 1.54) is 6.33 Å². The second-order valence-corrected chi connectivity index (χ2v) is 6.63. The third kappa shape index (κ3) is 6.37. The van der Waals surface area contributed by atoms with Gasteiger partial charge in [0.2, 0.25) is 0 Å². The predicted molar refractivity (Wildman–Crippen MR) is 106 cm³/mol. The van der Waals surface area contributed by atoms with E-state index in [4.69, 9.17) is 14.6 Å². The number of aromatic nitrogens is 3. The van der Waals surface area contributed by atoms with Crippen LogP contribution in [0.5, 0.6) is 5.75 Å². The van der Waals surface area contributed by atoms with E-state index in [2.05, 4.69) is 10.1 Å². The summed E-state index contributed by atoms with van der Waals surface area (Å²) < 4.78 is 13.2. The second kappa shape index (κ2) is 10.7. The smallest absolute Gasteiger partial charge is 0.138 e. The maximum Gasteiger partial charge on any atom is 0.138 e. The molecule has 0 saturated heterocycles. The molecule has 8 nitrogen and oxygen atoms in total. The van der Waals surface area contributed by atoms with E-state index in [-0.39, 0.29) is 26.2 Å². The van der Waals surface area contributed by atoms with Crippen LogP contribution in [-0.2, 0) is 18.0 Å². The highest BCUT2D eigenvalue weighted by Crippen LogP contribution is 2.17. The molecule has 0 spiro atoms. The Morgan fingerprint density at radius 3 is 2.48 bits per heavy atom. The monoisotopic (exact) mass is 399 g/mol. The summed E-state index contributed by atoms with van der Waals surface area (Å²) >= 11 is 0. The lowest BCUT2D eigenvalue weighted by molar-refractivity contribution is -0.0354. The molecule has 3 rings (SSSR count). The quantitative estimate of drug-likeness (QED) is 0.448. The molecule has 0 saturated carbocycles. The standard InChI is InChI=1S/C21H25N3O5/c25-10-19(27)9-21(11-26)29-13-17-2-1-3-20(8-17)28-12-16-4-6-18(7-5-16)24-15-22-14-23-24/h1-8,14-15,19,21,25-27H,9-13H2. The van der Waals surface area contributed by atoms with Crippen LogP contribution >= 0.6 is 0 Å². The molecule has 154 valence electrons. The van der Waals surface area contributed by atoms with Gasteiger partial charge in [0, 0.05) is 6.42 Å². The summed E-state index contributed by atoms with van der Waals surface area (Å²) in [6.45, 7) is 0.109. The zero-order valence-electron chi connectivity index (χ0n) is 16.0. The van der Waals surface area contributed by atoms with Crippen molar-refractivity contribution in [3.63, 3.8) is 0 Å². The van der Waals surface area contributed by atoms with Crippen molar-refractivity contribution in [3.05, 3.63) is 72.3 Å². The normalized spacial score (nSPS) is 13.2. The third-order valence-electron chi connectivity index (χ3n) is 4.36. The Labute approximate surface area is 169 Å². The highest BCUT2D eigenvalue weighted by molar-refractivity contribution is 5.34. The average Bonchev–Trinajstić information content (AvgIpc) is 3.30. The fourth-order valence-electron chi connectivity index (χ4n) is 2.77. The molecule has 0 amide bonds. The molecule has 0 aliphatic heterocycles. The summed E-state index contributed by atoms with van der Waals surface area (Å²) in [5, 5.41) is 31.8. The predicted octanol–water partition coefficient (Wildman–Crippen LogP) is 1.47. The lowest BCUT2D eigenvalue weighted by atomic mass is 10.1. The number of hydrogen-bond donors (Lipinski definition) is 3. The highest BCUT2D eigenvalue weighted by atomic mass is 16.5. The van der Waals surface area contributed by atoms with Crippen molar-refractivity contribution in [2.24, 2.45) is 0 Å². The minimum absolute atomic E-state index is 0.174. The zero-order chi connectivity index (χ0) is 20.5. The molecule has 2 unspecified atom stereocenters. The van der Waals surface area contributed by atoms with Gasteiger partial charge in [-0.25, -0.2) is 9.67 Å². The molecule has 2 atom stereocenters. The number of rotatable bonds is 11. The van der Waals surface area contributed by atoms with Crippen LogP contribution in [-0.4, -0.2) is 55.5 Å². The van der Waals surface area contributed by atoms with Gasteiger partial charge < -0.3 is 24.8 Å². The molecule has 0 radical (unpaired) electrons. The van der Waals surface area contributed by atoms with Gasteiger partial charge in [0.25, 0.3) is 0 Å². The first kappa shape index (κ1) is 20.9. The summed E-state index contributed by atoms with van der Waals surface area (Å²) in [5.41, 5.74) is 2.84. The molecule has 0 fully saturated rings. The van der Waals surface area contributed by atoms with Gasteiger partial charge in [0.1, 0.15) is 25.0 Å². The van der Waals surface area contributed by atoms with Crippen molar-refractivity contribution in [1.29, 1.82) is 0 Å². The number of aliphatic hydroxyl groups excluding tert-OH is 3. The second-order valence-electron chi connectivity index (χ2n) is 6.63. The number of hydrogen-bond acceptors (Lipinski definition) is 7. The van der Waals surface area contributed by atoms with E-state index in [1.54, 1.807) is 11.0 Å². The molecule has 1 heterocycles. The van der Waals surface area contributed by atoms with Crippen LogP contribution in [0.3, 0.4) is 0 Å². The Balaban J connectivity index is 1.51. The Kier molecular flexibility index (Phi) is 7.71. The molecule has 3 N–H and O–H groups in total. The van der Waals surface area contributed by atoms with Crippen LogP contribution in [0, 0.1) is 0 Å².